The predicted octanol–water partition coefficient (Wildman–Crippen LogP) is 1.92. The van der Waals surface area contributed by atoms with Crippen molar-refractivity contribution in [1.29, 1.82) is 0 Å². The second kappa shape index (κ2) is 6.18. The van der Waals surface area contributed by atoms with Crippen LogP contribution in [0.4, 0.5) is 0 Å². The lowest BCUT2D eigenvalue weighted by Gasteiger charge is -2.29. The van der Waals surface area contributed by atoms with Gasteiger partial charge in [0.05, 0.1) is 18.7 Å². The van der Waals surface area contributed by atoms with E-state index in [-0.39, 0.29) is 12.1 Å². The molecule has 1 atom stereocenters. The lowest BCUT2D eigenvalue weighted by atomic mass is 9.92. The number of aliphatic hydroxyl groups excluding tert-OH is 1. The third kappa shape index (κ3) is 2.55. The van der Waals surface area contributed by atoms with E-state index in [0.717, 1.165) is 37.5 Å². The lowest BCUT2D eigenvalue weighted by Crippen LogP contribution is -2.43. The van der Waals surface area contributed by atoms with Gasteiger partial charge in [-0.3, -0.25) is 5.32 Å². The first-order valence-electron chi connectivity index (χ1n) is 8.03. The normalized spacial score (nSPS) is 20.3. The standard InChI is InChI=1S/C17H24N4O/c1-3-10-21-13(2)19-20-16(21)11-18-17(12-22)9-8-14-6-4-5-7-15(14)17/h4-7,18,22H,3,8-12H2,1-2H3. The molecule has 3 rings (SSSR count). The van der Waals surface area contributed by atoms with E-state index in [0.29, 0.717) is 6.54 Å². The summed E-state index contributed by atoms with van der Waals surface area (Å²) in [6, 6.07) is 8.37. The molecule has 0 amide bonds. The van der Waals surface area contributed by atoms with Gasteiger partial charge in [-0.15, -0.1) is 10.2 Å². The molecule has 5 nitrogen and oxygen atoms in total. The summed E-state index contributed by atoms with van der Waals surface area (Å²) in [7, 11) is 0. The monoisotopic (exact) mass is 300 g/mol. The van der Waals surface area contributed by atoms with Crippen molar-refractivity contribution in [2.45, 2.75) is 51.7 Å². The van der Waals surface area contributed by atoms with E-state index in [1.165, 1.54) is 11.1 Å². The van der Waals surface area contributed by atoms with Crippen LogP contribution in [0.5, 0.6) is 0 Å². The number of nitrogens with zero attached hydrogens (tertiary/aromatic N) is 3. The molecule has 0 spiro atoms. The third-order valence-corrected chi connectivity index (χ3v) is 4.67. The van der Waals surface area contributed by atoms with Gasteiger partial charge >= 0.3 is 0 Å². The van der Waals surface area contributed by atoms with Gasteiger partial charge in [-0.2, -0.15) is 0 Å². The summed E-state index contributed by atoms with van der Waals surface area (Å²) in [6.07, 6.45) is 2.98. The van der Waals surface area contributed by atoms with Crippen LogP contribution in [0.1, 0.15) is 42.5 Å². The van der Waals surface area contributed by atoms with Crippen molar-refractivity contribution < 1.29 is 5.11 Å². The maximum Gasteiger partial charge on any atom is 0.147 e. The van der Waals surface area contributed by atoms with Gasteiger partial charge in [-0.05, 0) is 37.3 Å². The molecule has 5 heteroatoms. The molecule has 1 aliphatic carbocycles. The number of fused-ring (bicyclic) bond motifs is 1. The molecule has 118 valence electrons. The number of hydrogen-bond acceptors (Lipinski definition) is 4. The molecular weight excluding hydrogens is 276 g/mol. The van der Waals surface area contributed by atoms with E-state index in [9.17, 15) is 5.11 Å². The second-order valence-corrected chi connectivity index (χ2v) is 6.07. The Kier molecular flexibility index (Phi) is 4.27. The third-order valence-electron chi connectivity index (χ3n) is 4.67. The minimum atomic E-state index is -0.354. The Balaban J connectivity index is 1.81. The molecule has 2 aromatic rings. The maximum absolute atomic E-state index is 10.0. The van der Waals surface area contributed by atoms with Crippen LogP contribution >= 0.6 is 0 Å². The summed E-state index contributed by atoms with van der Waals surface area (Å²) >= 11 is 0. The Bertz CT molecular complexity index is 652. The van der Waals surface area contributed by atoms with Crippen molar-refractivity contribution in [3.63, 3.8) is 0 Å². The lowest BCUT2D eigenvalue weighted by molar-refractivity contribution is 0.157. The molecule has 1 aromatic heterocycles. The number of nitrogens with one attached hydrogen (secondary N) is 1. The van der Waals surface area contributed by atoms with Gasteiger partial charge in [-0.25, -0.2) is 0 Å². The number of hydrogen-bond donors (Lipinski definition) is 2. The Hall–Kier alpha value is -1.72. The van der Waals surface area contributed by atoms with Crippen molar-refractivity contribution in [2.24, 2.45) is 0 Å². The highest BCUT2D eigenvalue weighted by molar-refractivity contribution is 5.38. The maximum atomic E-state index is 10.0. The first-order valence-corrected chi connectivity index (χ1v) is 8.03. The Morgan fingerprint density at radius 3 is 2.91 bits per heavy atom. The quantitative estimate of drug-likeness (QED) is 0.855. The average molecular weight is 300 g/mol. The fraction of sp³-hybridized carbons (Fsp3) is 0.529. The summed E-state index contributed by atoms with van der Waals surface area (Å²) < 4.78 is 2.15. The smallest absolute Gasteiger partial charge is 0.147 e. The molecule has 1 unspecified atom stereocenters. The first kappa shape index (κ1) is 15.2. The summed E-state index contributed by atoms with van der Waals surface area (Å²) in [4.78, 5) is 0. The average Bonchev–Trinajstić information content (AvgIpc) is 3.09. The first-order chi connectivity index (χ1) is 10.7. The summed E-state index contributed by atoms with van der Waals surface area (Å²) in [5.74, 6) is 1.89. The summed E-state index contributed by atoms with van der Waals surface area (Å²) in [5.41, 5.74) is 2.19. The molecule has 0 radical (unpaired) electrons. The van der Waals surface area contributed by atoms with Crippen LogP contribution in [-0.2, 0) is 25.0 Å². The van der Waals surface area contributed by atoms with Gasteiger partial charge < -0.3 is 9.67 Å². The minimum absolute atomic E-state index is 0.102. The van der Waals surface area contributed by atoms with Crippen LogP contribution in [0, 0.1) is 6.92 Å². The number of aliphatic hydroxyl groups is 1. The molecule has 0 aliphatic heterocycles. The van der Waals surface area contributed by atoms with Crippen LogP contribution in [0.2, 0.25) is 0 Å². The van der Waals surface area contributed by atoms with E-state index in [4.69, 9.17) is 0 Å². The van der Waals surface area contributed by atoms with Crippen LogP contribution < -0.4 is 5.32 Å². The van der Waals surface area contributed by atoms with Gasteiger partial charge in [0.15, 0.2) is 0 Å². The molecule has 1 heterocycles. The largest absolute Gasteiger partial charge is 0.394 e. The molecule has 1 aliphatic rings. The van der Waals surface area contributed by atoms with E-state index in [1.807, 2.05) is 13.0 Å². The van der Waals surface area contributed by atoms with Crippen LogP contribution in [-0.4, -0.2) is 26.5 Å². The van der Waals surface area contributed by atoms with Crippen molar-refractivity contribution in [2.75, 3.05) is 6.61 Å². The highest BCUT2D eigenvalue weighted by Gasteiger charge is 2.37. The number of aryl methyl sites for hydroxylation is 2. The fourth-order valence-electron chi connectivity index (χ4n) is 3.41. The van der Waals surface area contributed by atoms with Gasteiger partial charge in [0.25, 0.3) is 0 Å². The number of rotatable bonds is 6. The summed E-state index contributed by atoms with van der Waals surface area (Å²) in [5, 5.41) is 22.0. The van der Waals surface area contributed by atoms with Gasteiger partial charge in [0, 0.05) is 6.54 Å². The van der Waals surface area contributed by atoms with Crippen LogP contribution in [0.15, 0.2) is 24.3 Å². The fourth-order valence-corrected chi connectivity index (χ4v) is 3.41. The molecule has 0 saturated heterocycles. The second-order valence-electron chi connectivity index (χ2n) is 6.07. The van der Waals surface area contributed by atoms with Crippen LogP contribution in [0.25, 0.3) is 0 Å². The Labute approximate surface area is 131 Å². The van der Waals surface area contributed by atoms with Gasteiger partial charge in [-0.1, -0.05) is 31.2 Å². The van der Waals surface area contributed by atoms with Crippen molar-refractivity contribution in [3.8, 4) is 0 Å². The molecule has 2 N–H and O–H groups in total. The molecule has 0 fully saturated rings. The summed E-state index contributed by atoms with van der Waals surface area (Å²) in [6.45, 7) is 5.79. The molecular formula is C17H24N4O. The Morgan fingerprint density at radius 2 is 2.14 bits per heavy atom. The highest BCUT2D eigenvalue weighted by Crippen LogP contribution is 2.36. The van der Waals surface area contributed by atoms with Crippen molar-refractivity contribution in [1.82, 2.24) is 20.1 Å². The van der Waals surface area contributed by atoms with Crippen molar-refractivity contribution in [3.05, 3.63) is 47.0 Å². The zero-order valence-corrected chi connectivity index (χ0v) is 13.3. The highest BCUT2D eigenvalue weighted by atomic mass is 16.3. The van der Waals surface area contributed by atoms with Gasteiger partial charge in [0.1, 0.15) is 11.6 Å². The SMILES string of the molecule is CCCn1c(C)nnc1CNC1(CO)CCc2ccccc21. The molecule has 22 heavy (non-hydrogen) atoms. The van der Waals surface area contributed by atoms with Gasteiger partial charge in [0.2, 0.25) is 0 Å². The minimum Gasteiger partial charge on any atom is -0.394 e. The molecule has 0 saturated carbocycles. The van der Waals surface area contributed by atoms with E-state index < -0.39 is 0 Å². The van der Waals surface area contributed by atoms with E-state index in [2.05, 4.69) is 45.2 Å². The van der Waals surface area contributed by atoms with E-state index >= 15 is 0 Å². The zero-order chi connectivity index (χ0) is 15.6. The van der Waals surface area contributed by atoms with Crippen LogP contribution in [0.3, 0.4) is 0 Å². The molecule has 0 bridgehead atoms. The predicted molar refractivity (Wildman–Crippen MR) is 85.4 cm³/mol. The molecule has 1 aromatic carbocycles. The Morgan fingerprint density at radius 1 is 1.32 bits per heavy atom. The topological polar surface area (TPSA) is 63.0 Å². The number of aromatic nitrogens is 3. The zero-order valence-electron chi connectivity index (χ0n) is 13.3. The van der Waals surface area contributed by atoms with E-state index in [1.54, 1.807) is 0 Å². The van der Waals surface area contributed by atoms with Crippen molar-refractivity contribution >= 4 is 0 Å². The number of benzene rings is 1.